The molecule has 1 unspecified atom stereocenters. The average molecular weight is 297 g/mol. The Morgan fingerprint density at radius 2 is 2.30 bits per heavy atom. The van der Waals surface area contributed by atoms with E-state index in [0.29, 0.717) is 11.7 Å². The summed E-state index contributed by atoms with van der Waals surface area (Å²) in [5.74, 6) is -1.05. The minimum atomic E-state index is -1.05. The fourth-order valence-electron chi connectivity index (χ4n) is 2.46. The van der Waals surface area contributed by atoms with Crippen molar-refractivity contribution in [1.82, 2.24) is 9.88 Å². The van der Waals surface area contributed by atoms with Crippen molar-refractivity contribution in [1.29, 1.82) is 0 Å². The largest absolute Gasteiger partial charge is 0.480 e. The van der Waals surface area contributed by atoms with E-state index in [4.69, 9.17) is 9.84 Å². The number of aryl methyl sites for hydroxylation is 2. The summed E-state index contributed by atoms with van der Waals surface area (Å²) in [6, 6.07) is -1.36. The number of urea groups is 1. The molecule has 1 saturated heterocycles. The number of hydrogen-bond acceptors (Lipinski definition) is 5. The fraction of sp³-hybridized carbons (Fsp3) is 0.583. The van der Waals surface area contributed by atoms with Crippen LogP contribution in [0.1, 0.15) is 17.0 Å². The Kier molecular flexibility index (Phi) is 3.58. The van der Waals surface area contributed by atoms with E-state index in [-0.39, 0.29) is 13.2 Å². The minimum Gasteiger partial charge on any atom is -0.480 e. The van der Waals surface area contributed by atoms with Gasteiger partial charge in [-0.1, -0.05) is 0 Å². The number of carboxylic acid groups (broad SMARTS) is 1. The van der Waals surface area contributed by atoms with Crippen molar-refractivity contribution in [3.8, 4) is 0 Å². The summed E-state index contributed by atoms with van der Waals surface area (Å²) < 4.78 is 5.11. The third-order valence-corrected chi connectivity index (χ3v) is 4.56. The maximum Gasteiger partial charge on any atom is 0.328 e. The Hall–Kier alpha value is -1.67. The molecule has 0 saturated carbocycles. The molecule has 1 fully saturated rings. The molecule has 0 spiro atoms. The van der Waals surface area contributed by atoms with Gasteiger partial charge in [0, 0.05) is 11.4 Å². The van der Waals surface area contributed by atoms with Crippen molar-refractivity contribution in [2.24, 2.45) is 0 Å². The third-order valence-electron chi connectivity index (χ3n) is 3.48. The summed E-state index contributed by atoms with van der Waals surface area (Å²) in [6.45, 7) is 0.649. The molecular formula is C12H15N3O4S. The number of amides is 2. The van der Waals surface area contributed by atoms with Gasteiger partial charge in [0.1, 0.15) is 0 Å². The lowest BCUT2D eigenvalue weighted by Crippen LogP contribution is -2.53. The number of anilines is 1. The minimum absolute atomic E-state index is 0.0249. The van der Waals surface area contributed by atoms with Gasteiger partial charge in [-0.15, -0.1) is 11.3 Å². The summed E-state index contributed by atoms with van der Waals surface area (Å²) in [5, 5.41) is 12.4. The van der Waals surface area contributed by atoms with Crippen LogP contribution in [-0.2, 0) is 22.4 Å². The summed E-state index contributed by atoms with van der Waals surface area (Å²) in [7, 11) is 0. The van der Waals surface area contributed by atoms with Crippen molar-refractivity contribution in [2.75, 3.05) is 25.1 Å². The molecule has 0 radical (unpaired) electrons. The van der Waals surface area contributed by atoms with E-state index in [1.165, 1.54) is 21.1 Å². The lowest BCUT2D eigenvalue weighted by Gasteiger charge is -2.32. The molecule has 1 aliphatic heterocycles. The van der Waals surface area contributed by atoms with Crippen molar-refractivity contribution >= 4 is 28.5 Å². The van der Waals surface area contributed by atoms with E-state index >= 15 is 0 Å². The number of morpholine rings is 1. The van der Waals surface area contributed by atoms with Crippen LogP contribution in [0.25, 0.3) is 0 Å². The highest BCUT2D eigenvalue weighted by Crippen LogP contribution is 2.30. The van der Waals surface area contributed by atoms with Gasteiger partial charge in [0.05, 0.1) is 18.9 Å². The first-order chi connectivity index (χ1) is 9.65. The van der Waals surface area contributed by atoms with Crippen LogP contribution < -0.4 is 5.32 Å². The molecule has 2 amide bonds. The number of carboxylic acids is 1. The van der Waals surface area contributed by atoms with Crippen LogP contribution in [0.5, 0.6) is 0 Å². The Morgan fingerprint density at radius 1 is 1.45 bits per heavy atom. The van der Waals surface area contributed by atoms with E-state index in [9.17, 15) is 9.59 Å². The second-order valence-corrected chi connectivity index (χ2v) is 5.88. The number of ether oxygens (including phenoxy) is 1. The number of aromatic nitrogens is 1. The summed E-state index contributed by atoms with van der Waals surface area (Å²) in [6.07, 6.45) is 3.09. The lowest BCUT2D eigenvalue weighted by atomic mass is 10.2. The number of hydrogen-bond donors (Lipinski definition) is 2. The van der Waals surface area contributed by atoms with Crippen LogP contribution in [0, 0.1) is 0 Å². The third kappa shape index (κ3) is 2.48. The van der Waals surface area contributed by atoms with E-state index in [1.54, 1.807) is 0 Å². The molecule has 2 N–H and O–H groups in total. The van der Waals surface area contributed by atoms with Crippen LogP contribution in [0.15, 0.2) is 0 Å². The van der Waals surface area contributed by atoms with Gasteiger partial charge >= 0.3 is 12.0 Å². The first-order valence-electron chi connectivity index (χ1n) is 6.52. The van der Waals surface area contributed by atoms with E-state index in [1.807, 2.05) is 0 Å². The van der Waals surface area contributed by atoms with E-state index in [2.05, 4.69) is 10.3 Å². The lowest BCUT2D eigenvalue weighted by molar-refractivity contribution is -0.147. The van der Waals surface area contributed by atoms with E-state index < -0.39 is 18.0 Å². The summed E-state index contributed by atoms with van der Waals surface area (Å²) in [5.41, 5.74) is 1.06. The number of fused-ring (bicyclic) bond motifs is 1. The Bertz CT molecular complexity index is 523. The van der Waals surface area contributed by atoms with Gasteiger partial charge in [-0.3, -0.25) is 5.32 Å². The molecule has 108 valence electrons. The van der Waals surface area contributed by atoms with Crippen LogP contribution in [-0.4, -0.2) is 52.8 Å². The van der Waals surface area contributed by atoms with Crippen LogP contribution in [0.4, 0.5) is 9.93 Å². The molecule has 1 aromatic rings. The number of nitrogens with one attached hydrogen (secondary N) is 1. The predicted molar refractivity (Wildman–Crippen MR) is 72.1 cm³/mol. The highest BCUT2D eigenvalue weighted by atomic mass is 32.1. The van der Waals surface area contributed by atoms with Gasteiger partial charge in [0.15, 0.2) is 11.2 Å². The average Bonchev–Trinajstić information content (AvgIpc) is 2.99. The summed E-state index contributed by atoms with van der Waals surface area (Å²) >= 11 is 1.48. The number of nitrogens with zero attached hydrogens (tertiary/aromatic N) is 2. The van der Waals surface area contributed by atoms with Crippen molar-refractivity contribution in [3.05, 3.63) is 10.6 Å². The Balaban J connectivity index is 1.69. The zero-order chi connectivity index (χ0) is 14.1. The van der Waals surface area contributed by atoms with Crippen LogP contribution in [0.2, 0.25) is 0 Å². The van der Waals surface area contributed by atoms with Crippen LogP contribution >= 0.6 is 11.3 Å². The molecule has 2 aliphatic rings. The Labute approximate surface area is 119 Å². The fourth-order valence-corrected chi connectivity index (χ4v) is 3.50. The molecule has 2 heterocycles. The van der Waals surface area contributed by atoms with Gasteiger partial charge in [0.2, 0.25) is 0 Å². The van der Waals surface area contributed by atoms with Crippen LogP contribution in [0.3, 0.4) is 0 Å². The zero-order valence-electron chi connectivity index (χ0n) is 10.8. The first-order valence-corrected chi connectivity index (χ1v) is 7.33. The van der Waals surface area contributed by atoms with Crippen molar-refractivity contribution in [3.63, 3.8) is 0 Å². The molecule has 3 rings (SSSR count). The van der Waals surface area contributed by atoms with Crippen molar-refractivity contribution in [2.45, 2.75) is 25.3 Å². The van der Waals surface area contributed by atoms with Crippen molar-refractivity contribution < 1.29 is 19.4 Å². The molecule has 8 heteroatoms. The number of carbonyl (C=O) groups is 2. The highest BCUT2D eigenvalue weighted by Gasteiger charge is 2.33. The zero-order valence-corrected chi connectivity index (χ0v) is 11.6. The normalized spacial score (nSPS) is 21.6. The monoisotopic (exact) mass is 297 g/mol. The first kappa shape index (κ1) is 13.3. The topological polar surface area (TPSA) is 91.8 Å². The van der Waals surface area contributed by atoms with Gasteiger partial charge in [-0.2, -0.15) is 0 Å². The maximum absolute atomic E-state index is 12.2. The smallest absolute Gasteiger partial charge is 0.328 e. The summed E-state index contributed by atoms with van der Waals surface area (Å²) in [4.78, 5) is 30.2. The molecule has 0 aromatic carbocycles. The second-order valence-electron chi connectivity index (χ2n) is 4.79. The molecule has 20 heavy (non-hydrogen) atoms. The quantitative estimate of drug-likeness (QED) is 0.848. The number of rotatable bonds is 2. The standard InChI is InChI=1S/C12H15N3O4S/c16-10(17)8-6-19-5-4-15(8)12(18)14-11-13-7-2-1-3-9(7)20-11/h8H,1-6H2,(H,16,17)(H,13,14,18). The number of thiazole rings is 1. The molecule has 1 aliphatic carbocycles. The second kappa shape index (κ2) is 5.37. The highest BCUT2D eigenvalue weighted by molar-refractivity contribution is 7.15. The van der Waals surface area contributed by atoms with Gasteiger partial charge < -0.3 is 14.7 Å². The predicted octanol–water partition coefficient (Wildman–Crippen LogP) is 0.949. The molecule has 1 aromatic heterocycles. The number of aliphatic carboxylic acids is 1. The molecular weight excluding hydrogens is 282 g/mol. The van der Waals surface area contributed by atoms with E-state index in [0.717, 1.165) is 25.0 Å². The maximum atomic E-state index is 12.2. The Morgan fingerprint density at radius 3 is 3.05 bits per heavy atom. The molecule has 7 nitrogen and oxygen atoms in total. The SMILES string of the molecule is O=C(O)C1COCCN1C(=O)Nc1nc2c(s1)CCC2. The van der Waals surface area contributed by atoms with Gasteiger partial charge in [-0.05, 0) is 19.3 Å². The van der Waals surface area contributed by atoms with Gasteiger partial charge in [0.25, 0.3) is 0 Å². The molecule has 1 atom stereocenters. The van der Waals surface area contributed by atoms with Gasteiger partial charge in [-0.25, -0.2) is 14.6 Å². The molecule has 0 bridgehead atoms. The number of carbonyl (C=O) groups excluding carboxylic acids is 1.